The number of carbonyl (C=O) groups is 2. The average Bonchev–Trinajstić information content (AvgIpc) is 2.72. The van der Waals surface area contributed by atoms with Crippen LogP contribution in [0, 0.1) is 17.8 Å². The molecule has 0 aromatic carbocycles. The molecule has 1 aliphatic carbocycles. The highest BCUT2D eigenvalue weighted by molar-refractivity contribution is 5.81. The summed E-state index contributed by atoms with van der Waals surface area (Å²) in [5.74, 6) is 1.52. The van der Waals surface area contributed by atoms with Gasteiger partial charge in [0.25, 0.3) is 0 Å². The molecule has 1 saturated carbocycles. The lowest BCUT2D eigenvalue weighted by Gasteiger charge is -2.36. The van der Waals surface area contributed by atoms with Crippen LogP contribution >= 0.6 is 0 Å². The zero-order valence-corrected chi connectivity index (χ0v) is 16.8. The van der Waals surface area contributed by atoms with Crippen molar-refractivity contribution in [1.82, 2.24) is 14.8 Å². The van der Waals surface area contributed by atoms with Crippen molar-refractivity contribution < 1.29 is 9.59 Å². The number of likely N-dealkylation sites (tertiary alicyclic amines) is 1. The van der Waals surface area contributed by atoms with E-state index in [0.29, 0.717) is 5.91 Å². The lowest BCUT2D eigenvalue weighted by Crippen LogP contribution is -2.43. The lowest BCUT2D eigenvalue weighted by molar-refractivity contribution is -0.141. The molecule has 0 unspecified atom stereocenters. The van der Waals surface area contributed by atoms with Crippen LogP contribution in [0.3, 0.4) is 0 Å². The van der Waals surface area contributed by atoms with E-state index >= 15 is 0 Å². The van der Waals surface area contributed by atoms with E-state index in [2.05, 4.69) is 16.8 Å². The van der Waals surface area contributed by atoms with E-state index in [9.17, 15) is 9.59 Å². The number of carbonyl (C=O) groups excluding carboxylic acids is 2. The molecule has 148 valence electrons. The number of nitrogens with zero attached hydrogens (tertiary/aromatic N) is 3. The first-order chi connectivity index (χ1) is 13.0. The summed E-state index contributed by atoms with van der Waals surface area (Å²) in [7, 11) is 1.90. The van der Waals surface area contributed by atoms with Gasteiger partial charge in [0.15, 0.2) is 0 Å². The monoisotopic (exact) mass is 371 g/mol. The van der Waals surface area contributed by atoms with Gasteiger partial charge in [-0.3, -0.25) is 14.6 Å². The van der Waals surface area contributed by atoms with Crippen molar-refractivity contribution in [1.29, 1.82) is 0 Å². The van der Waals surface area contributed by atoms with Crippen molar-refractivity contribution in [2.45, 2.75) is 51.9 Å². The molecule has 27 heavy (non-hydrogen) atoms. The summed E-state index contributed by atoms with van der Waals surface area (Å²) in [6, 6.07) is 3.99. The molecular formula is C22H33N3O2. The van der Waals surface area contributed by atoms with E-state index in [1.54, 1.807) is 12.4 Å². The zero-order chi connectivity index (χ0) is 19.2. The molecule has 2 amide bonds. The largest absolute Gasteiger partial charge is 0.345 e. The van der Waals surface area contributed by atoms with Crippen LogP contribution in [0.1, 0.15) is 51.0 Å². The Hall–Kier alpha value is -1.91. The molecular weight excluding hydrogens is 338 g/mol. The quantitative estimate of drug-likeness (QED) is 0.799. The van der Waals surface area contributed by atoms with Gasteiger partial charge in [0, 0.05) is 50.9 Å². The normalized spacial score (nSPS) is 23.9. The van der Waals surface area contributed by atoms with Gasteiger partial charge in [-0.15, -0.1) is 0 Å². The van der Waals surface area contributed by atoms with Gasteiger partial charge in [0.05, 0.1) is 0 Å². The fraction of sp³-hybridized carbons (Fsp3) is 0.682. The molecule has 1 aromatic heterocycles. The summed E-state index contributed by atoms with van der Waals surface area (Å²) in [5, 5.41) is 0. The second kappa shape index (κ2) is 9.34. The van der Waals surface area contributed by atoms with Gasteiger partial charge in [-0.2, -0.15) is 0 Å². The van der Waals surface area contributed by atoms with E-state index in [1.807, 2.05) is 24.1 Å². The molecule has 2 aliphatic rings. The average molecular weight is 372 g/mol. The van der Waals surface area contributed by atoms with Crippen LogP contribution in [0.15, 0.2) is 24.5 Å². The van der Waals surface area contributed by atoms with E-state index in [0.717, 1.165) is 70.5 Å². The van der Waals surface area contributed by atoms with Crippen molar-refractivity contribution in [3.63, 3.8) is 0 Å². The summed E-state index contributed by atoms with van der Waals surface area (Å²) in [5.41, 5.74) is 1.20. The predicted molar refractivity (Wildman–Crippen MR) is 106 cm³/mol. The summed E-state index contributed by atoms with van der Waals surface area (Å²) in [4.78, 5) is 33.5. The highest BCUT2D eigenvalue weighted by Gasteiger charge is 2.33. The van der Waals surface area contributed by atoms with Crippen LogP contribution in [0.4, 0.5) is 0 Å². The molecule has 0 atom stereocenters. The van der Waals surface area contributed by atoms with E-state index < -0.39 is 0 Å². The Bertz CT molecular complexity index is 618. The smallest absolute Gasteiger partial charge is 0.225 e. The molecule has 0 N–H and O–H groups in total. The predicted octanol–water partition coefficient (Wildman–Crippen LogP) is 3.15. The van der Waals surface area contributed by atoms with E-state index in [-0.39, 0.29) is 17.7 Å². The van der Waals surface area contributed by atoms with Crippen molar-refractivity contribution in [2.24, 2.45) is 17.8 Å². The first-order valence-electron chi connectivity index (χ1n) is 10.5. The minimum absolute atomic E-state index is 0.0814. The summed E-state index contributed by atoms with van der Waals surface area (Å²) < 4.78 is 0. The molecule has 5 heteroatoms. The highest BCUT2D eigenvalue weighted by Crippen LogP contribution is 2.32. The Kier molecular flexibility index (Phi) is 6.86. The molecule has 0 radical (unpaired) electrons. The van der Waals surface area contributed by atoms with Crippen LogP contribution in [-0.2, 0) is 16.0 Å². The molecule has 1 saturated heterocycles. The van der Waals surface area contributed by atoms with Gasteiger partial charge >= 0.3 is 0 Å². The number of hydrogen-bond acceptors (Lipinski definition) is 3. The minimum Gasteiger partial charge on any atom is -0.345 e. The highest BCUT2D eigenvalue weighted by atomic mass is 16.2. The molecule has 2 fully saturated rings. The fourth-order valence-electron chi connectivity index (χ4n) is 4.34. The number of likely N-dealkylation sites (N-methyl/N-ethyl adjacent to an activating group) is 1. The Morgan fingerprint density at radius 2 is 1.63 bits per heavy atom. The van der Waals surface area contributed by atoms with Gasteiger partial charge in [-0.05, 0) is 68.6 Å². The zero-order valence-electron chi connectivity index (χ0n) is 16.8. The maximum Gasteiger partial charge on any atom is 0.225 e. The Labute approximate surface area is 163 Å². The van der Waals surface area contributed by atoms with Gasteiger partial charge in [-0.25, -0.2) is 0 Å². The van der Waals surface area contributed by atoms with Crippen molar-refractivity contribution in [2.75, 3.05) is 26.7 Å². The maximum absolute atomic E-state index is 12.8. The van der Waals surface area contributed by atoms with Crippen molar-refractivity contribution >= 4 is 11.8 Å². The number of piperidine rings is 1. The second-order valence-electron chi connectivity index (χ2n) is 8.42. The molecule has 0 spiro atoms. The lowest BCUT2D eigenvalue weighted by atomic mass is 9.80. The third-order valence-electron chi connectivity index (χ3n) is 6.38. The minimum atomic E-state index is 0.0814. The molecule has 3 rings (SSSR count). The summed E-state index contributed by atoms with van der Waals surface area (Å²) >= 11 is 0. The number of hydrogen-bond donors (Lipinski definition) is 0. The van der Waals surface area contributed by atoms with E-state index in [4.69, 9.17) is 0 Å². The third-order valence-corrected chi connectivity index (χ3v) is 6.38. The van der Waals surface area contributed by atoms with Crippen LogP contribution in [0.25, 0.3) is 0 Å². The molecule has 5 nitrogen and oxygen atoms in total. The van der Waals surface area contributed by atoms with Crippen LogP contribution < -0.4 is 0 Å². The molecule has 0 bridgehead atoms. The summed E-state index contributed by atoms with van der Waals surface area (Å²) in [6.07, 6.45) is 10.1. The van der Waals surface area contributed by atoms with Gasteiger partial charge in [-0.1, -0.05) is 6.92 Å². The molecule has 2 heterocycles. The van der Waals surface area contributed by atoms with Crippen molar-refractivity contribution in [3.05, 3.63) is 30.1 Å². The number of aromatic nitrogens is 1. The van der Waals surface area contributed by atoms with Crippen LogP contribution in [0.5, 0.6) is 0 Å². The number of pyridine rings is 1. The standard InChI is InChI=1S/C22H33N3O2/c1-17-9-15-25(16-10-17)22(27)20-5-3-19(4-6-20)21(26)24(2)14-11-18-7-12-23-13-8-18/h7-8,12-13,17,19-20H,3-6,9-11,14-16H2,1-2H3. The van der Waals surface area contributed by atoms with Gasteiger partial charge < -0.3 is 9.80 Å². The fourth-order valence-corrected chi connectivity index (χ4v) is 4.34. The van der Waals surface area contributed by atoms with Crippen LogP contribution in [-0.4, -0.2) is 53.3 Å². The van der Waals surface area contributed by atoms with Crippen LogP contribution in [0.2, 0.25) is 0 Å². The SMILES string of the molecule is CC1CCN(C(=O)C2CCC(C(=O)N(C)CCc3ccncc3)CC2)CC1. The molecule has 1 aromatic rings. The Morgan fingerprint density at radius 1 is 1.04 bits per heavy atom. The second-order valence-corrected chi connectivity index (χ2v) is 8.42. The maximum atomic E-state index is 12.8. The Balaban J connectivity index is 1.42. The first kappa shape index (κ1) is 19.8. The summed E-state index contributed by atoms with van der Waals surface area (Å²) in [6.45, 7) is 4.82. The van der Waals surface area contributed by atoms with Crippen molar-refractivity contribution in [3.8, 4) is 0 Å². The van der Waals surface area contributed by atoms with E-state index in [1.165, 1.54) is 5.56 Å². The third kappa shape index (κ3) is 5.30. The first-order valence-corrected chi connectivity index (χ1v) is 10.5. The Morgan fingerprint density at radius 3 is 2.26 bits per heavy atom. The number of rotatable bonds is 5. The topological polar surface area (TPSA) is 53.5 Å². The number of amides is 2. The van der Waals surface area contributed by atoms with Gasteiger partial charge in [0.1, 0.15) is 0 Å². The van der Waals surface area contributed by atoms with Gasteiger partial charge in [0.2, 0.25) is 11.8 Å². The molecule has 1 aliphatic heterocycles.